The number of ether oxygens (including phenoxy) is 1. The molecule has 0 saturated carbocycles. The molecule has 0 atom stereocenters. The van der Waals surface area contributed by atoms with Crippen LogP contribution in [0.3, 0.4) is 0 Å². The highest BCUT2D eigenvalue weighted by Crippen LogP contribution is 2.43. The Balaban J connectivity index is 1.43. The summed E-state index contributed by atoms with van der Waals surface area (Å²) in [6.45, 7) is 8.83. The first kappa shape index (κ1) is 16.4. The average molecular weight is 409 g/mol. The third kappa shape index (κ3) is 2.70. The number of hydrogen-bond donors (Lipinski definition) is 1. The van der Waals surface area contributed by atoms with E-state index in [1.54, 1.807) is 11.1 Å². The summed E-state index contributed by atoms with van der Waals surface area (Å²) in [4.78, 5) is 24.7. The van der Waals surface area contributed by atoms with Gasteiger partial charge in [0.25, 0.3) is 0 Å². The van der Waals surface area contributed by atoms with Crippen molar-refractivity contribution in [3.63, 3.8) is 0 Å². The number of carbonyl (C=O) groups excluding carboxylic acids is 1. The molecule has 134 valence electrons. The number of carbonyl (C=O) groups is 1. The summed E-state index contributed by atoms with van der Waals surface area (Å²) < 4.78 is 8.06. The Bertz CT molecular complexity index is 844. The van der Waals surface area contributed by atoms with E-state index in [0.29, 0.717) is 10.4 Å². The Hall–Kier alpha value is -2.03. The highest BCUT2D eigenvalue weighted by molar-refractivity contribution is 9.10. The van der Waals surface area contributed by atoms with Gasteiger partial charge in [-0.3, -0.25) is 4.40 Å². The smallest absolute Gasteiger partial charge is 0.410 e. The van der Waals surface area contributed by atoms with Crippen molar-refractivity contribution in [3.8, 4) is 0 Å². The zero-order chi connectivity index (χ0) is 18.0. The van der Waals surface area contributed by atoms with Gasteiger partial charge >= 0.3 is 6.09 Å². The van der Waals surface area contributed by atoms with Gasteiger partial charge in [0.1, 0.15) is 15.7 Å². The minimum absolute atomic E-state index is 0.147. The normalized spacial score (nSPS) is 19.0. The van der Waals surface area contributed by atoms with Crippen LogP contribution in [0.25, 0.3) is 5.52 Å². The Morgan fingerprint density at radius 2 is 2.00 bits per heavy atom. The molecule has 0 aromatic carbocycles. The molecule has 9 heteroatoms. The minimum Gasteiger partial charge on any atom is -0.444 e. The minimum atomic E-state index is -0.458. The van der Waals surface area contributed by atoms with E-state index in [1.165, 1.54) is 0 Å². The Kier molecular flexibility index (Phi) is 3.44. The van der Waals surface area contributed by atoms with Crippen LogP contribution < -0.4 is 10.6 Å². The average Bonchev–Trinajstić information content (AvgIpc) is 2.72. The van der Waals surface area contributed by atoms with E-state index in [4.69, 9.17) is 10.5 Å². The molecule has 2 aliphatic heterocycles. The lowest BCUT2D eigenvalue weighted by atomic mass is 9.73. The van der Waals surface area contributed by atoms with Crippen LogP contribution in [-0.4, -0.2) is 57.1 Å². The maximum Gasteiger partial charge on any atom is 0.410 e. The van der Waals surface area contributed by atoms with Crippen LogP contribution in [-0.2, 0) is 4.74 Å². The molecule has 2 N–H and O–H groups in total. The Labute approximate surface area is 154 Å². The fraction of sp³-hybridized carbons (Fsp3) is 0.562. The molecule has 0 bridgehead atoms. The Morgan fingerprint density at radius 3 is 2.64 bits per heavy atom. The van der Waals surface area contributed by atoms with Gasteiger partial charge in [-0.25, -0.2) is 14.8 Å². The van der Waals surface area contributed by atoms with Gasteiger partial charge < -0.3 is 20.3 Å². The summed E-state index contributed by atoms with van der Waals surface area (Å²) in [6, 6.07) is 0. The highest BCUT2D eigenvalue weighted by Gasteiger charge is 2.54. The second kappa shape index (κ2) is 5.23. The molecule has 2 aromatic heterocycles. The maximum absolute atomic E-state index is 12.1. The number of imidazole rings is 1. The molecule has 4 heterocycles. The lowest BCUT2D eigenvalue weighted by Gasteiger charge is -2.59. The van der Waals surface area contributed by atoms with Crippen LogP contribution >= 0.6 is 15.9 Å². The van der Waals surface area contributed by atoms with Crippen molar-refractivity contribution in [1.29, 1.82) is 0 Å². The molecular formula is C16H21BrN6O2. The van der Waals surface area contributed by atoms with Crippen LogP contribution in [0.15, 0.2) is 17.0 Å². The third-order valence-corrected chi connectivity index (χ3v) is 5.11. The molecule has 2 aromatic rings. The van der Waals surface area contributed by atoms with Crippen molar-refractivity contribution in [2.75, 3.05) is 36.8 Å². The summed E-state index contributed by atoms with van der Waals surface area (Å²) in [5, 5.41) is 0. The first-order chi connectivity index (χ1) is 11.7. The quantitative estimate of drug-likeness (QED) is 0.777. The molecule has 2 fully saturated rings. The van der Waals surface area contributed by atoms with Gasteiger partial charge in [0, 0.05) is 44.0 Å². The molecule has 0 radical (unpaired) electrons. The van der Waals surface area contributed by atoms with Gasteiger partial charge in [-0.2, -0.15) is 0 Å². The maximum atomic E-state index is 12.1. The van der Waals surface area contributed by atoms with E-state index >= 15 is 0 Å². The summed E-state index contributed by atoms with van der Waals surface area (Å²) >= 11 is 3.46. The number of amides is 1. The van der Waals surface area contributed by atoms with Crippen LogP contribution in [0.1, 0.15) is 20.8 Å². The van der Waals surface area contributed by atoms with E-state index < -0.39 is 5.60 Å². The molecule has 0 aliphatic carbocycles. The summed E-state index contributed by atoms with van der Waals surface area (Å²) in [6.07, 6.45) is 3.30. The van der Waals surface area contributed by atoms with Crippen molar-refractivity contribution < 1.29 is 9.53 Å². The van der Waals surface area contributed by atoms with Crippen molar-refractivity contribution in [2.45, 2.75) is 26.4 Å². The lowest BCUT2D eigenvalue weighted by molar-refractivity contribution is -0.0457. The first-order valence-electron chi connectivity index (χ1n) is 8.18. The fourth-order valence-corrected chi connectivity index (χ4v) is 4.11. The predicted molar refractivity (Wildman–Crippen MR) is 97.6 cm³/mol. The topological polar surface area (TPSA) is 89.0 Å². The second-order valence-electron chi connectivity index (χ2n) is 7.93. The molecule has 8 nitrogen and oxygen atoms in total. The number of rotatable bonds is 1. The van der Waals surface area contributed by atoms with Crippen LogP contribution in [0, 0.1) is 5.41 Å². The summed E-state index contributed by atoms with van der Waals surface area (Å²) in [7, 11) is 0. The van der Waals surface area contributed by atoms with Gasteiger partial charge in [0.15, 0.2) is 5.82 Å². The molecule has 0 unspecified atom stereocenters. The molecular weight excluding hydrogens is 388 g/mol. The van der Waals surface area contributed by atoms with E-state index in [-0.39, 0.29) is 11.5 Å². The van der Waals surface area contributed by atoms with Gasteiger partial charge in [0.05, 0.1) is 0 Å². The molecule has 25 heavy (non-hydrogen) atoms. The number of nitrogen functional groups attached to an aromatic ring is 1. The van der Waals surface area contributed by atoms with Crippen molar-refractivity contribution in [1.82, 2.24) is 19.3 Å². The van der Waals surface area contributed by atoms with Crippen molar-refractivity contribution >= 4 is 39.3 Å². The number of hydrogen-bond acceptors (Lipinski definition) is 6. The summed E-state index contributed by atoms with van der Waals surface area (Å²) in [5.74, 6) is 1.29. The number of anilines is 2. The van der Waals surface area contributed by atoms with Gasteiger partial charge in [-0.05, 0) is 36.7 Å². The van der Waals surface area contributed by atoms with Crippen LogP contribution in [0.2, 0.25) is 0 Å². The molecule has 1 amide bonds. The predicted octanol–water partition coefficient (Wildman–Crippen LogP) is 2.13. The van der Waals surface area contributed by atoms with Crippen molar-refractivity contribution in [3.05, 3.63) is 17.0 Å². The number of likely N-dealkylation sites (tertiary alicyclic amines) is 1. The van der Waals surface area contributed by atoms with E-state index in [1.807, 2.05) is 31.4 Å². The number of nitrogens with zero attached hydrogens (tertiary/aromatic N) is 5. The Morgan fingerprint density at radius 1 is 1.32 bits per heavy atom. The number of nitrogens with two attached hydrogens (primary N) is 1. The van der Waals surface area contributed by atoms with Crippen molar-refractivity contribution in [2.24, 2.45) is 5.41 Å². The number of aromatic nitrogens is 3. The van der Waals surface area contributed by atoms with Gasteiger partial charge in [-0.15, -0.1) is 0 Å². The number of halogens is 1. The molecule has 1 spiro atoms. The molecule has 2 aliphatic rings. The standard InChI is InChI=1S/C16H21BrN6O2/c1-15(2,3)25-14(24)22-8-16(9-22)6-21(7-16)13-20-11(17)10-12(18)19-4-5-23(10)13/h4-5H,6-9H2,1-3H3,(H2,18,19). The lowest BCUT2D eigenvalue weighted by Crippen LogP contribution is -2.73. The fourth-order valence-electron chi connectivity index (χ4n) is 3.55. The SMILES string of the molecule is CC(C)(C)OC(=O)N1CC2(C1)CN(c1nc(Br)c3c(N)nccn13)C2. The van der Waals surface area contributed by atoms with E-state index in [0.717, 1.165) is 37.6 Å². The second-order valence-corrected chi connectivity index (χ2v) is 8.68. The third-order valence-electron chi connectivity index (χ3n) is 4.56. The zero-order valence-corrected chi connectivity index (χ0v) is 16.1. The monoisotopic (exact) mass is 408 g/mol. The van der Waals surface area contributed by atoms with Crippen LogP contribution in [0.4, 0.5) is 16.6 Å². The van der Waals surface area contributed by atoms with Gasteiger partial charge in [-0.1, -0.05) is 0 Å². The number of fused-ring (bicyclic) bond motifs is 1. The van der Waals surface area contributed by atoms with Gasteiger partial charge in [0.2, 0.25) is 5.95 Å². The molecule has 4 rings (SSSR count). The molecule has 2 saturated heterocycles. The first-order valence-corrected chi connectivity index (χ1v) is 8.98. The summed E-state index contributed by atoms with van der Waals surface area (Å²) in [5.41, 5.74) is 6.41. The van der Waals surface area contributed by atoms with Crippen LogP contribution in [0.5, 0.6) is 0 Å². The largest absolute Gasteiger partial charge is 0.444 e. The van der Waals surface area contributed by atoms with E-state index in [9.17, 15) is 4.79 Å². The van der Waals surface area contributed by atoms with E-state index in [2.05, 4.69) is 30.8 Å². The highest BCUT2D eigenvalue weighted by atomic mass is 79.9. The zero-order valence-electron chi connectivity index (χ0n) is 14.5.